The van der Waals surface area contributed by atoms with Gasteiger partial charge in [0.05, 0.1) is 4.90 Å². The van der Waals surface area contributed by atoms with E-state index >= 15 is 0 Å². The quantitative estimate of drug-likeness (QED) is 0.516. The number of amides is 1. The zero-order valence-corrected chi connectivity index (χ0v) is 13.1. The summed E-state index contributed by atoms with van der Waals surface area (Å²) in [6.45, 7) is 0.428. The number of nitrogens with one attached hydrogen (secondary N) is 2. The topological polar surface area (TPSA) is 101 Å². The van der Waals surface area contributed by atoms with Crippen LogP contribution >= 0.6 is 15.9 Å². The fraction of sp³-hybridized carbons (Fsp3) is 0.417. The van der Waals surface area contributed by atoms with E-state index in [2.05, 4.69) is 26.0 Å². The highest BCUT2D eigenvalue weighted by Gasteiger charge is 2.29. The van der Waals surface area contributed by atoms with Gasteiger partial charge < -0.3 is 11.1 Å². The van der Waals surface area contributed by atoms with Crippen LogP contribution in [0.5, 0.6) is 0 Å². The van der Waals surface area contributed by atoms with Crippen LogP contribution in [0.15, 0.2) is 27.6 Å². The maximum absolute atomic E-state index is 12.0. The van der Waals surface area contributed by atoms with Crippen molar-refractivity contribution >= 4 is 37.5 Å². The van der Waals surface area contributed by atoms with Crippen molar-refractivity contribution in [3.8, 4) is 0 Å². The van der Waals surface area contributed by atoms with Crippen LogP contribution in [0.4, 0.5) is 5.69 Å². The third-order valence-corrected chi connectivity index (χ3v) is 5.12. The van der Waals surface area contributed by atoms with Crippen LogP contribution in [0.2, 0.25) is 0 Å². The Morgan fingerprint density at radius 1 is 1.35 bits per heavy atom. The molecule has 20 heavy (non-hydrogen) atoms. The van der Waals surface area contributed by atoms with Crippen LogP contribution in [-0.2, 0) is 14.8 Å². The Balaban J connectivity index is 1.86. The molecule has 0 unspecified atom stereocenters. The van der Waals surface area contributed by atoms with E-state index in [1.54, 1.807) is 6.07 Å². The van der Waals surface area contributed by atoms with E-state index in [4.69, 9.17) is 5.73 Å². The number of carbonyl (C=O) groups excluding carboxylic acids is 1. The summed E-state index contributed by atoms with van der Waals surface area (Å²) in [7, 11) is -3.60. The molecule has 0 aliphatic heterocycles. The van der Waals surface area contributed by atoms with Crippen LogP contribution in [0.1, 0.15) is 12.8 Å². The summed E-state index contributed by atoms with van der Waals surface area (Å²) in [5.41, 5.74) is 6.01. The molecule has 1 fully saturated rings. The first-order chi connectivity index (χ1) is 9.40. The van der Waals surface area contributed by atoms with Gasteiger partial charge in [-0.15, -0.1) is 0 Å². The smallest absolute Gasteiger partial charge is 0.240 e. The minimum atomic E-state index is -3.60. The predicted octanol–water partition coefficient (Wildman–Crippen LogP) is 0.836. The van der Waals surface area contributed by atoms with Gasteiger partial charge in [0.25, 0.3) is 0 Å². The fourth-order valence-corrected chi connectivity index (χ4v) is 2.95. The van der Waals surface area contributed by atoms with E-state index in [1.165, 1.54) is 12.1 Å². The number of hydrogen-bond donors (Lipinski definition) is 3. The molecule has 1 aliphatic carbocycles. The molecule has 1 aromatic carbocycles. The summed E-state index contributed by atoms with van der Waals surface area (Å²) >= 11 is 3.21. The number of benzene rings is 1. The zero-order chi connectivity index (χ0) is 14.8. The Bertz CT molecular complexity index is 614. The molecule has 0 aromatic heterocycles. The standard InChI is InChI=1S/C12H16BrN3O3S/c13-10-4-3-9(7-11(10)14)20(18,19)16-6-5-15-12(17)8-1-2-8/h3-4,7-8,16H,1-2,5-6,14H2,(H,15,17). The third kappa shape index (κ3) is 3.94. The average Bonchev–Trinajstić information content (AvgIpc) is 3.22. The van der Waals surface area contributed by atoms with Crippen molar-refractivity contribution < 1.29 is 13.2 Å². The molecule has 0 radical (unpaired) electrons. The van der Waals surface area contributed by atoms with Crippen LogP contribution < -0.4 is 15.8 Å². The minimum Gasteiger partial charge on any atom is -0.398 e. The summed E-state index contributed by atoms with van der Waals surface area (Å²) in [5.74, 6) is 0.120. The van der Waals surface area contributed by atoms with Crippen molar-refractivity contribution in [2.24, 2.45) is 5.92 Å². The first-order valence-electron chi connectivity index (χ1n) is 6.22. The predicted molar refractivity (Wildman–Crippen MR) is 79.5 cm³/mol. The largest absolute Gasteiger partial charge is 0.398 e. The molecule has 1 aromatic rings. The maximum atomic E-state index is 12.0. The molecule has 1 aliphatic rings. The van der Waals surface area contributed by atoms with E-state index in [0.29, 0.717) is 10.2 Å². The van der Waals surface area contributed by atoms with Crippen LogP contribution in [-0.4, -0.2) is 27.4 Å². The summed E-state index contributed by atoms with van der Waals surface area (Å²) in [5, 5.41) is 2.69. The number of nitrogens with two attached hydrogens (primary N) is 1. The summed E-state index contributed by atoms with van der Waals surface area (Å²) in [6, 6.07) is 4.43. The number of carbonyl (C=O) groups is 1. The summed E-state index contributed by atoms with van der Waals surface area (Å²) in [4.78, 5) is 11.5. The molecule has 2 rings (SSSR count). The summed E-state index contributed by atoms with van der Waals surface area (Å²) < 4.78 is 27.1. The Hall–Kier alpha value is -1.12. The highest BCUT2D eigenvalue weighted by molar-refractivity contribution is 9.10. The van der Waals surface area contributed by atoms with E-state index in [0.717, 1.165) is 12.8 Å². The second kappa shape index (κ2) is 6.11. The molecule has 0 atom stereocenters. The number of rotatable bonds is 6. The molecule has 6 nitrogen and oxygen atoms in total. The summed E-state index contributed by atoms with van der Waals surface area (Å²) in [6.07, 6.45) is 1.85. The van der Waals surface area contributed by atoms with E-state index in [-0.39, 0.29) is 29.8 Å². The molecule has 0 saturated heterocycles. The van der Waals surface area contributed by atoms with Crippen molar-refractivity contribution in [3.05, 3.63) is 22.7 Å². The second-order valence-electron chi connectivity index (χ2n) is 4.65. The lowest BCUT2D eigenvalue weighted by atomic mass is 10.3. The van der Waals surface area contributed by atoms with Crippen molar-refractivity contribution in [1.29, 1.82) is 0 Å². The molecule has 110 valence electrons. The van der Waals surface area contributed by atoms with Gasteiger partial charge in [-0.1, -0.05) is 0 Å². The third-order valence-electron chi connectivity index (χ3n) is 2.94. The lowest BCUT2D eigenvalue weighted by molar-refractivity contribution is -0.122. The molecule has 8 heteroatoms. The molecule has 0 bridgehead atoms. The SMILES string of the molecule is Nc1cc(S(=O)(=O)NCCNC(=O)C2CC2)ccc1Br. The fourth-order valence-electron chi connectivity index (χ4n) is 1.63. The first-order valence-corrected chi connectivity index (χ1v) is 8.50. The molecular formula is C12H16BrN3O3S. The molecule has 1 saturated carbocycles. The highest BCUT2D eigenvalue weighted by Crippen LogP contribution is 2.28. The number of hydrogen-bond acceptors (Lipinski definition) is 4. The van der Waals surface area contributed by atoms with E-state index in [9.17, 15) is 13.2 Å². The number of anilines is 1. The highest BCUT2D eigenvalue weighted by atomic mass is 79.9. The van der Waals surface area contributed by atoms with Crippen molar-refractivity contribution in [2.45, 2.75) is 17.7 Å². The van der Waals surface area contributed by atoms with Gasteiger partial charge in [-0.05, 0) is 47.0 Å². The first kappa shape index (κ1) is 15.3. The van der Waals surface area contributed by atoms with Gasteiger partial charge in [-0.2, -0.15) is 0 Å². The molecule has 4 N–H and O–H groups in total. The van der Waals surface area contributed by atoms with E-state index in [1.807, 2.05) is 0 Å². The molecular weight excluding hydrogens is 346 g/mol. The Labute approximate surface area is 126 Å². The van der Waals surface area contributed by atoms with Crippen LogP contribution in [0.25, 0.3) is 0 Å². The average molecular weight is 362 g/mol. The van der Waals surface area contributed by atoms with Gasteiger partial charge in [0.1, 0.15) is 0 Å². The normalized spacial score (nSPS) is 15.1. The van der Waals surface area contributed by atoms with Crippen LogP contribution in [0, 0.1) is 5.92 Å². The molecule has 0 heterocycles. The van der Waals surface area contributed by atoms with Gasteiger partial charge in [0.2, 0.25) is 15.9 Å². The monoisotopic (exact) mass is 361 g/mol. The Morgan fingerprint density at radius 3 is 2.65 bits per heavy atom. The second-order valence-corrected chi connectivity index (χ2v) is 7.27. The lowest BCUT2D eigenvalue weighted by Crippen LogP contribution is -2.35. The van der Waals surface area contributed by atoms with Gasteiger partial charge >= 0.3 is 0 Å². The minimum absolute atomic E-state index is 0.00270. The van der Waals surface area contributed by atoms with Gasteiger partial charge in [0.15, 0.2) is 0 Å². The van der Waals surface area contributed by atoms with E-state index < -0.39 is 10.0 Å². The Kier molecular flexibility index (Phi) is 4.66. The van der Waals surface area contributed by atoms with Crippen molar-refractivity contribution in [1.82, 2.24) is 10.0 Å². The number of halogens is 1. The van der Waals surface area contributed by atoms with Crippen molar-refractivity contribution in [2.75, 3.05) is 18.8 Å². The maximum Gasteiger partial charge on any atom is 0.240 e. The zero-order valence-electron chi connectivity index (χ0n) is 10.7. The number of nitrogen functional groups attached to an aromatic ring is 1. The van der Waals surface area contributed by atoms with Crippen molar-refractivity contribution in [3.63, 3.8) is 0 Å². The lowest BCUT2D eigenvalue weighted by Gasteiger charge is -2.09. The van der Waals surface area contributed by atoms with Gasteiger partial charge in [0, 0.05) is 29.2 Å². The Morgan fingerprint density at radius 2 is 2.05 bits per heavy atom. The van der Waals surface area contributed by atoms with Crippen LogP contribution in [0.3, 0.4) is 0 Å². The number of sulfonamides is 1. The molecule has 1 amide bonds. The van der Waals surface area contributed by atoms with Gasteiger partial charge in [-0.3, -0.25) is 4.79 Å². The van der Waals surface area contributed by atoms with Gasteiger partial charge in [-0.25, -0.2) is 13.1 Å². The molecule has 0 spiro atoms.